The van der Waals surface area contributed by atoms with Crippen LogP contribution in [0, 0.1) is 0 Å². The zero-order valence-corrected chi connectivity index (χ0v) is 10.9. The molecule has 4 unspecified atom stereocenters. The molecule has 4 heteroatoms. The van der Waals surface area contributed by atoms with Crippen LogP contribution in [0.1, 0.15) is 33.1 Å². The monoisotopic (exact) mass is 244 g/mol. The van der Waals surface area contributed by atoms with Gasteiger partial charge in [0.1, 0.15) is 12.2 Å². The molecule has 0 aromatic carbocycles. The average molecular weight is 244 g/mol. The van der Waals surface area contributed by atoms with E-state index in [4.69, 9.17) is 18.9 Å². The zero-order chi connectivity index (χ0) is 12.1. The lowest BCUT2D eigenvalue weighted by molar-refractivity contribution is 0.0313. The summed E-state index contributed by atoms with van der Waals surface area (Å²) in [5.41, 5.74) is 0. The number of hydrogen-bond acceptors (Lipinski definition) is 4. The van der Waals surface area contributed by atoms with E-state index in [0.29, 0.717) is 24.4 Å². The number of hydrogen-bond donors (Lipinski definition) is 0. The lowest BCUT2D eigenvalue weighted by Gasteiger charge is -2.15. The Kier molecular flexibility index (Phi) is 5.22. The highest BCUT2D eigenvalue weighted by Gasteiger charge is 2.24. The summed E-state index contributed by atoms with van der Waals surface area (Å²) in [4.78, 5) is 0. The largest absolute Gasteiger partial charge is 0.376 e. The van der Waals surface area contributed by atoms with Gasteiger partial charge in [-0.25, -0.2) is 0 Å². The SMILES string of the molecule is CC(CCCC(C)OCC1CO1)OCC1CO1. The third-order valence-electron chi connectivity index (χ3n) is 3.16. The second kappa shape index (κ2) is 6.69. The van der Waals surface area contributed by atoms with Crippen molar-refractivity contribution >= 4 is 0 Å². The highest BCUT2D eigenvalue weighted by Crippen LogP contribution is 2.15. The van der Waals surface area contributed by atoms with Crippen LogP contribution in [0.4, 0.5) is 0 Å². The van der Waals surface area contributed by atoms with Gasteiger partial charge in [0.2, 0.25) is 0 Å². The van der Waals surface area contributed by atoms with Crippen molar-refractivity contribution in [2.45, 2.75) is 57.5 Å². The fraction of sp³-hybridized carbons (Fsp3) is 1.00. The van der Waals surface area contributed by atoms with Crippen LogP contribution in [0.15, 0.2) is 0 Å². The Labute approximate surface area is 104 Å². The van der Waals surface area contributed by atoms with Gasteiger partial charge >= 0.3 is 0 Å². The van der Waals surface area contributed by atoms with Gasteiger partial charge in [0.15, 0.2) is 0 Å². The molecule has 0 aromatic heterocycles. The Morgan fingerprint density at radius 2 is 1.35 bits per heavy atom. The van der Waals surface area contributed by atoms with Crippen LogP contribution in [-0.2, 0) is 18.9 Å². The van der Waals surface area contributed by atoms with E-state index in [1.807, 2.05) is 0 Å². The molecule has 17 heavy (non-hydrogen) atoms. The molecule has 2 fully saturated rings. The molecule has 0 amide bonds. The molecule has 2 saturated heterocycles. The second-order valence-corrected chi connectivity index (χ2v) is 5.13. The van der Waals surface area contributed by atoms with Gasteiger partial charge in [-0.1, -0.05) is 0 Å². The maximum Gasteiger partial charge on any atom is 0.104 e. The molecule has 4 atom stereocenters. The Bertz CT molecular complexity index is 191. The normalized spacial score (nSPS) is 30.0. The number of rotatable bonds is 10. The molecule has 100 valence electrons. The van der Waals surface area contributed by atoms with Gasteiger partial charge in [-0.15, -0.1) is 0 Å². The molecular weight excluding hydrogens is 220 g/mol. The van der Waals surface area contributed by atoms with Crippen LogP contribution in [0.2, 0.25) is 0 Å². The van der Waals surface area contributed by atoms with Crippen molar-refractivity contribution in [3.05, 3.63) is 0 Å². The third kappa shape index (κ3) is 6.36. The van der Waals surface area contributed by atoms with Crippen LogP contribution >= 0.6 is 0 Å². The molecule has 2 aliphatic rings. The lowest BCUT2D eigenvalue weighted by atomic mass is 10.1. The molecule has 4 nitrogen and oxygen atoms in total. The maximum atomic E-state index is 5.67. The summed E-state index contributed by atoms with van der Waals surface area (Å²) in [6.07, 6.45) is 4.76. The van der Waals surface area contributed by atoms with Crippen molar-refractivity contribution in [3.8, 4) is 0 Å². The predicted molar refractivity (Wildman–Crippen MR) is 64.2 cm³/mol. The van der Waals surface area contributed by atoms with E-state index in [1.165, 1.54) is 0 Å². The summed E-state index contributed by atoms with van der Waals surface area (Å²) < 4.78 is 21.6. The molecule has 0 N–H and O–H groups in total. The van der Waals surface area contributed by atoms with Gasteiger partial charge < -0.3 is 18.9 Å². The van der Waals surface area contributed by atoms with E-state index in [1.54, 1.807) is 0 Å². The summed E-state index contributed by atoms with van der Waals surface area (Å²) in [5, 5.41) is 0. The Balaban J connectivity index is 1.40. The Hall–Kier alpha value is -0.160. The summed E-state index contributed by atoms with van der Waals surface area (Å²) in [5.74, 6) is 0. The minimum atomic E-state index is 0.332. The Morgan fingerprint density at radius 3 is 1.71 bits per heavy atom. The molecule has 2 rings (SSSR count). The van der Waals surface area contributed by atoms with Crippen LogP contribution in [0.25, 0.3) is 0 Å². The minimum Gasteiger partial charge on any atom is -0.376 e. The van der Waals surface area contributed by atoms with Gasteiger partial charge in [-0.05, 0) is 33.1 Å². The standard InChI is InChI=1S/C13H24O4/c1-10(14-6-12-8-16-12)4-3-5-11(2)15-7-13-9-17-13/h10-13H,3-9H2,1-2H3. The molecule has 0 spiro atoms. The number of ether oxygens (including phenoxy) is 4. The van der Waals surface area contributed by atoms with E-state index in [0.717, 1.165) is 45.7 Å². The Morgan fingerprint density at radius 1 is 0.941 bits per heavy atom. The summed E-state index contributed by atoms with van der Waals surface area (Å²) in [7, 11) is 0. The fourth-order valence-corrected chi connectivity index (χ4v) is 1.73. The maximum absolute atomic E-state index is 5.67. The fourth-order valence-electron chi connectivity index (χ4n) is 1.73. The van der Waals surface area contributed by atoms with E-state index in [2.05, 4.69) is 13.8 Å². The van der Waals surface area contributed by atoms with Gasteiger partial charge in [0.25, 0.3) is 0 Å². The molecule has 0 radical (unpaired) electrons. The molecule has 0 bridgehead atoms. The van der Waals surface area contributed by atoms with E-state index < -0.39 is 0 Å². The van der Waals surface area contributed by atoms with Crippen LogP contribution < -0.4 is 0 Å². The minimum absolute atomic E-state index is 0.332. The van der Waals surface area contributed by atoms with Crippen LogP contribution in [-0.4, -0.2) is 50.8 Å². The summed E-state index contributed by atoms with van der Waals surface area (Å²) in [6, 6.07) is 0. The lowest BCUT2D eigenvalue weighted by Crippen LogP contribution is -2.15. The molecule has 2 aliphatic heterocycles. The molecular formula is C13H24O4. The average Bonchev–Trinajstić information content (AvgIpc) is 3.16. The first-order chi connectivity index (χ1) is 8.24. The first kappa shape index (κ1) is 13.3. The second-order valence-electron chi connectivity index (χ2n) is 5.13. The number of epoxide rings is 2. The van der Waals surface area contributed by atoms with Crippen molar-refractivity contribution in [1.82, 2.24) is 0 Å². The molecule has 0 aliphatic carbocycles. The molecule has 0 aromatic rings. The van der Waals surface area contributed by atoms with E-state index >= 15 is 0 Å². The van der Waals surface area contributed by atoms with Gasteiger partial charge in [0.05, 0.1) is 38.6 Å². The highest BCUT2D eigenvalue weighted by molar-refractivity contribution is 4.69. The van der Waals surface area contributed by atoms with E-state index in [9.17, 15) is 0 Å². The van der Waals surface area contributed by atoms with Gasteiger partial charge in [-0.2, -0.15) is 0 Å². The van der Waals surface area contributed by atoms with Gasteiger partial charge in [-0.3, -0.25) is 0 Å². The van der Waals surface area contributed by atoms with Crippen molar-refractivity contribution < 1.29 is 18.9 Å². The first-order valence-electron chi connectivity index (χ1n) is 6.70. The molecule has 0 saturated carbocycles. The van der Waals surface area contributed by atoms with Gasteiger partial charge in [0, 0.05) is 0 Å². The first-order valence-corrected chi connectivity index (χ1v) is 6.70. The van der Waals surface area contributed by atoms with Crippen LogP contribution in [0.5, 0.6) is 0 Å². The van der Waals surface area contributed by atoms with Crippen molar-refractivity contribution in [3.63, 3.8) is 0 Å². The third-order valence-corrected chi connectivity index (χ3v) is 3.16. The van der Waals surface area contributed by atoms with Crippen LogP contribution in [0.3, 0.4) is 0 Å². The van der Waals surface area contributed by atoms with E-state index in [-0.39, 0.29) is 0 Å². The van der Waals surface area contributed by atoms with Crippen molar-refractivity contribution in [1.29, 1.82) is 0 Å². The van der Waals surface area contributed by atoms with Crippen molar-refractivity contribution in [2.24, 2.45) is 0 Å². The quantitative estimate of drug-likeness (QED) is 0.549. The summed E-state index contributed by atoms with van der Waals surface area (Å²) in [6.45, 7) is 7.53. The topological polar surface area (TPSA) is 43.5 Å². The molecule has 2 heterocycles. The highest BCUT2D eigenvalue weighted by atomic mass is 16.6. The summed E-state index contributed by atoms with van der Waals surface area (Å²) >= 11 is 0. The van der Waals surface area contributed by atoms with Crippen molar-refractivity contribution in [2.75, 3.05) is 26.4 Å². The predicted octanol–water partition coefficient (Wildman–Crippen LogP) is 1.76. The smallest absolute Gasteiger partial charge is 0.104 e. The zero-order valence-electron chi connectivity index (χ0n) is 10.9.